The Labute approximate surface area is 122 Å². The zero-order valence-electron chi connectivity index (χ0n) is 13.3. The minimum atomic E-state index is -0.514. The summed E-state index contributed by atoms with van der Waals surface area (Å²) in [4.78, 5) is 12.3. The summed E-state index contributed by atoms with van der Waals surface area (Å²) in [6.45, 7) is 10.4. The van der Waals surface area contributed by atoms with Crippen LogP contribution in [0.4, 0.5) is 0 Å². The quantitative estimate of drug-likeness (QED) is 0.868. The van der Waals surface area contributed by atoms with Gasteiger partial charge in [0, 0.05) is 5.56 Å². The van der Waals surface area contributed by atoms with Crippen LogP contribution in [0.25, 0.3) is 0 Å². The number of hydrogen-bond donors (Lipinski definition) is 2. The van der Waals surface area contributed by atoms with Crippen molar-refractivity contribution in [2.45, 2.75) is 58.4 Å². The number of rotatable bonds is 5. The Bertz CT molecular complexity index is 431. The number of carbonyl (C=O) groups is 1. The summed E-state index contributed by atoms with van der Waals surface area (Å²) in [5.74, 6) is -0.122. The van der Waals surface area contributed by atoms with Crippen molar-refractivity contribution in [1.29, 1.82) is 0 Å². The smallest absolute Gasteiger partial charge is 0.251 e. The van der Waals surface area contributed by atoms with Crippen LogP contribution in [0.1, 0.15) is 63.4 Å². The molecule has 1 amide bonds. The molecule has 112 valence electrons. The van der Waals surface area contributed by atoms with Gasteiger partial charge in [-0.15, -0.1) is 0 Å². The molecule has 0 aliphatic heterocycles. The van der Waals surface area contributed by atoms with E-state index in [0.717, 1.165) is 0 Å². The van der Waals surface area contributed by atoms with Crippen LogP contribution in [0, 0.1) is 0 Å². The molecular formula is C17H27NO2. The van der Waals surface area contributed by atoms with E-state index < -0.39 is 5.54 Å². The zero-order valence-corrected chi connectivity index (χ0v) is 13.3. The highest BCUT2D eigenvalue weighted by atomic mass is 16.3. The van der Waals surface area contributed by atoms with Crippen LogP contribution in [0.3, 0.4) is 0 Å². The van der Waals surface area contributed by atoms with Crippen molar-refractivity contribution in [3.8, 4) is 0 Å². The predicted molar refractivity (Wildman–Crippen MR) is 83.0 cm³/mol. The van der Waals surface area contributed by atoms with Crippen LogP contribution in [0.5, 0.6) is 0 Å². The van der Waals surface area contributed by atoms with E-state index in [1.54, 1.807) is 0 Å². The third-order valence-corrected chi connectivity index (χ3v) is 4.05. The third-order valence-electron chi connectivity index (χ3n) is 4.05. The fourth-order valence-electron chi connectivity index (χ4n) is 2.12. The van der Waals surface area contributed by atoms with Gasteiger partial charge in [-0.25, -0.2) is 0 Å². The molecule has 0 radical (unpaired) electrons. The van der Waals surface area contributed by atoms with Crippen LogP contribution in [-0.2, 0) is 5.41 Å². The fourth-order valence-corrected chi connectivity index (χ4v) is 2.12. The normalized spacial score (nSPS) is 12.3. The number of carbonyl (C=O) groups excluding carboxylic acids is 1. The summed E-state index contributed by atoms with van der Waals surface area (Å²) in [5.41, 5.74) is 1.41. The Morgan fingerprint density at radius 2 is 1.60 bits per heavy atom. The number of hydrogen-bond acceptors (Lipinski definition) is 2. The minimum Gasteiger partial charge on any atom is -0.394 e. The Kier molecular flexibility index (Phi) is 5.35. The lowest BCUT2D eigenvalue weighted by Crippen LogP contribution is -2.50. The van der Waals surface area contributed by atoms with Crippen LogP contribution in [0.15, 0.2) is 24.3 Å². The van der Waals surface area contributed by atoms with Crippen molar-refractivity contribution in [3.05, 3.63) is 35.4 Å². The van der Waals surface area contributed by atoms with Crippen molar-refractivity contribution < 1.29 is 9.90 Å². The third kappa shape index (κ3) is 3.83. The van der Waals surface area contributed by atoms with E-state index in [9.17, 15) is 9.90 Å². The minimum absolute atomic E-state index is 0.0359. The molecule has 0 aliphatic carbocycles. The van der Waals surface area contributed by atoms with Gasteiger partial charge in [0.15, 0.2) is 0 Å². The van der Waals surface area contributed by atoms with Crippen LogP contribution in [0.2, 0.25) is 0 Å². The lowest BCUT2D eigenvalue weighted by Gasteiger charge is -2.30. The molecule has 0 bridgehead atoms. The van der Waals surface area contributed by atoms with Gasteiger partial charge >= 0.3 is 0 Å². The van der Waals surface area contributed by atoms with E-state index in [1.165, 1.54) is 5.56 Å². The van der Waals surface area contributed by atoms with Gasteiger partial charge in [-0.1, -0.05) is 46.8 Å². The summed E-state index contributed by atoms with van der Waals surface area (Å²) in [6, 6.07) is 7.69. The van der Waals surface area contributed by atoms with Crippen LogP contribution in [-0.4, -0.2) is 23.2 Å². The van der Waals surface area contributed by atoms with E-state index in [-0.39, 0.29) is 17.9 Å². The van der Waals surface area contributed by atoms with Crippen LogP contribution >= 0.6 is 0 Å². The molecule has 0 fully saturated rings. The van der Waals surface area contributed by atoms with Gasteiger partial charge in [-0.3, -0.25) is 4.79 Å². The highest BCUT2D eigenvalue weighted by Gasteiger charge is 2.27. The predicted octanol–water partition coefficient (Wildman–Crippen LogP) is 3.27. The summed E-state index contributed by atoms with van der Waals surface area (Å²) in [6.07, 6.45) is 1.43. The molecule has 0 aromatic heterocycles. The van der Waals surface area contributed by atoms with E-state index in [0.29, 0.717) is 18.4 Å². The summed E-state index contributed by atoms with van der Waals surface area (Å²) >= 11 is 0. The maximum absolute atomic E-state index is 12.3. The average molecular weight is 277 g/mol. The van der Waals surface area contributed by atoms with Gasteiger partial charge in [0.1, 0.15) is 0 Å². The maximum Gasteiger partial charge on any atom is 0.251 e. The second kappa shape index (κ2) is 6.40. The van der Waals surface area contributed by atoms with Gasteiger partial charge in [-0.2, -0.15) is 0 Å². The molecule has 1 aromatic carbocycles. The second-order valence-corrected chi connectivity index (χ2v) is 6.43. The van der Waals surface area contributed by atoms with E-state index >= 15 is 0 Å². The standard InChI is InChI=1S/C17H27NO2/c1-6-17(7-2,12-19)18-15(20)13-8-10-14(11-9-13)16(3,4)5/h8-11,19H,6-7,12H2,1-5H3,(H,18,20). The highest BCUT2D eigenvalue weighted by Crippen LogP contribution is 2.22. The first-order valence-corrected chi connectivity index (χ1v) is 7.32. The lowest BCUT2D eigenvalue weighted by molar-refractivity contribution is 0.0818. The van der Waals surface area contributed by atoms with E-state index in [4.69, 9.17) is 0 Å². The molecule has 20 heavy (non-hydrogen) atoms. The largest absolute Gasteiger partial charge is 0.394 e. The fraction of sp³-hybridized carbons (Fsp3) is 0.588. The first kappa shape index (κ1) is 16.7. The lowest BCUT2D eigenvalue weighted by atomic mass is 9.86. The summed E-state index contributed by atoms with van der Waals surface area (Å²) < 4.78 is 0. The van der Waals surface area contributed by atoms with Gasteiger partial charge in [-0.05, 0) is 36.0 Å². The van der Waals surface area contributed by atoms with Crippen molar-refractivity contribution in [1.82, 2.24) is 5.32 Å². The van der Waals surface area contributed by atoms with Crippen LogP contribution < -0.4 is 5.32 Å². The molecule has 3 nitrogen and oxygen atoms in total. The molecule has 1 aromatic rings. The molecule has 0 heterocycles. The first-order chi connectivity index (χ1) is 9.28. The molecule has 2 N–H and O–H groups in total. The van der Waals surface area contributed by atoms with Crippen molar-refractivity contribution in [2.24, 2.45) is 0 Å². The number of benzene rings is 1. The highest BCUT2D eigenvalue weighted by molar-refractivity contribution is 5.94. The Morgan fingerprint density at radius 3 is 1.95 bits per heavy atom. The SMILES string of the molecule is CCC(CC)(CO)NC(=O)c1ccc(C(C)(C)C)cc1. The Morgan fingerprint density at radius 1 is 1.10 bits per heavy atom. The average Bonchev–Trinajstić information content (AvgIpc) is 2.44. The molecule has 0 unspecified atom stereocenters. The first-order valence-electron chi connectivity index (χ1n) is 7.32. The topological polar surface area (TPSA) is 49.3 Å². The molecule has 0 saturated carbocycles. The molecule has 0 atom stereocenters. The number of aliphatic hydroxyl groups excluding tert-OH is 1. The van der Waals surface area contributed by atoms with E-state index in [2.05, 4.69) is 26.1 Å². The van der Waals surface area contributed by atoms with Crippen molar-refractivity contribution >= 4 is 5.91 Å². The van der Waals surface area contributed by atoms with Crippen molar-refractivity contribution in [3.63, 3.8) is 0 Å². The Hall–Kier alpha value is -1.35. The van der Waals surface area contributed by atoms with E-state index in [1.807, 2.05) is 38.1 Å². The molecule has 3 heteroatoms. The number of amides is 1. The van der Waals surface area contributed by atoms with Gasteiger partial charge in [0.25, 0.3) is 5.91 Å². The molecular weight excluding hydrogens is 250 g/mol. The molecule has 0 saturated heterocycles. The zero-order chi connectivity index (χ0) is 15.4. The molecule has 1 rings (SSSR count). The molecule has 0 spiro atoms. The van der Waals surface area contributed by atoms with Gasteiger partial charge in [0.05, 0.1) is 12.1 Å². The van der Waals surface area contributed by atoms with Gasteiger partial charge < -0.3 is 10.4 Å². The Balaban J connectivity index is 2.88. The number of nitrogens with one attached hydrogen (secondary N) is 1. The summed E-state index contributed by atoms with van der Waals surface area (Å²) in [7, 11) is 0. The van der Waals surface area contributed by atoms with Gasteiger partial charge in [0.2, 0.25) is 0 Å². The van der Waals surface area contributed by atoms with Crippen molar-refractivity contribution in [2.75, 3.05) is 6.61 Å². The number of aliphatic hydroxyl groups is 1. The second-order valence-electron chi connectivity index (χ2n) is 6.43. The maximum atomic E-state index is 12.3. The summed E-state index contributed by atoms with van der Waals surface area (Å²) in [5, 5.41) is 12.5. The monoisotopic (exact) mass is 277 g/mol. The molecule has 0 aliphatic rings.